The quantitative estimate of drug-likeness (QED) is 0.128. The number of amidine groups is 1. The fraction of sp³-hybridized carbons (Fsp3) is 0.0213. The molecule has 0 bridgehead atoms. The Morgan fingerprint density at radius 1 is 0.510 bits per heavy atom. The van der Waals surface area contributed by atoms with Crippen molar-refractivity contribution < 1.29 is 4.42 Å². The molecule has 0 saturated carbocycles. The van der Waals surface area contributed by atoms with Crippen LogP contribution in [0.1, 0.15) is 23.6 Å². The minimum atomic E-state index is 0.618. The smallest absolute Gasteiger partial charge is 0.160 e. The molecule has 0 fully saturated rings. The molecule has 51 heavy (non-hydrogen) atoms. The van der Waals surface area contributed by atoms with E-state index in [1.54, 1.807) is 11.3 Å². The SMILES string of the molecule is C=C(N=C(N=C(C)c1ccc2c(c1)oc1ccccc12)c1cccc2sc3ccc(-c4cccc(-c5ccccc5)c4)cc3c12)c1ccccc1. The zero-order chi connectivity index (χ0) is 34.3. The lowest BCUT2D eigenvalue weighted by Crippen LogP contribution is -2.05. The van der Waals surface area contributed by atoms with Crippen LogP contribution in [-0.4, -0.2) is 11.5 Å². The predicted molar refractivity (Wildman–Crippen MR) is 218 cm³/mol. The lowest BCUT2D eigenvalue weighted by Gasteiger charge is -2.10. The average Bonchev–Trinajstić information content (AvgIpc) is 3.76. The second kappa shape index (κ2) is 12.8. The van der Waals surface area contributed by atoms with Gasteiger partial charge in [-0.25, -0.2) is 9.98 Å². The Bertz CT molecular complexity index is 2820. The van der Waals surface area contributed by atoms with Crippen LogP contribution in [-0.2, 0) is 0 Å². The third kappa shape index (κ3) is 5.76. The van der Waals surface area contributed by atoms with Crippen LogP contribution in [0, 0.1) is 0 Å². The molecule has 0 spiro atoms. The second-order valence-electron chi connectivity index (χ2n) is 12.7. The van der Waals surface area contributed by atoms with Crippen LogP contribution in [0.3, 0.4) is 0 Å². The lowest BCUT2D eigenvalue weighted by atomic mass is 9.97. The number of para-hydroxylation sites is 1. The summed E-state index contributed by atoms with van der Waals surface area (Å²) in [5.41, 5.74) is 10.9. The first-order chi connectivity index (χ1) is 25.1. The van der Waals surface area contributed by atoms with Gasteiger partial charge in [0, 0.05) is 42.2 Å². The largest absolute Gasteiger partial charge is 0.456 e. The average molecular weight is 673 g/mol. The van der Waals surface area contributed by atoms with E-state index in [9.17, 15) is 0 Å². The van der Waals surface area contributed by atoms with Crippen LogP contribution in [0.25, 0.3) is 70.1 Å². The van der Waals surface area contributed by atoms with Gasteiger partial charge >= 0.3 is 0 Å². The van der Waals surface area contributed by atoms with Gasteiger partial charge in [0.1, 0.15) is 11.2 Å². The third-order valence-electron chi connectivity index (χ3n) is 9.46. The minimum absolute atomic E-state index is 0.618. The molecule has 0 radical (unpaired) electrons. The van der Waals surface area contributed by atoms with Crippen molar-refractivity contribution in [2.45, 2.75) is 6.92 Å². The second-order valence-corrected chi connectivity index (χ2v) is 13.8. The van der Waals surface area contributed by atoms with E-state index in [2.05, 4.69) is 122 Å². The van der Waals surface area contributed by atoms with Crippen LogP contribution in [0.4, 0.5) is 0 Å². The van der Waals surface area contributed by atoms with E-state index in [1.807, 2.05) is 55.5 Å². The molecule has 0 unspecified atom stereocenters. The van der Waals surface area contributed by atoms with Crippen LogP contribution < -0.4 is 0 Å². The van der Waals surface area contributed by atoms with E-state index < -0.39 is 0 Å². The Labute approximate surface area is 300 Å². The minimum Gasteiger partial charge on any atom is -0.456 e. The first-order valence-corrected chi connectivity index (χ1v) is 17.8. The molecule has 0 atom stereocenters. The number of aliphatic imine (C=N–C) groups is 2. The molecule has 9 aromatic rings. The van der Waals surface area contributed by atoms with Crippen molar-refractivity contribution in [3.63, 3.8) is 0 Å². The molecule has 0 amide bonds. The zero-order valence-corrected chi connectivity index (χ0v) is 28.8. The van der Waals surface area contributed by atoms with E-state index in [1.165, 1.54) is 37.0 Å². The number of hydrogen-bond acceptors (Lipinski definition) is 3. The molecule has 3 nitrogen and oxygen atoms in total. The number of benzene rings is 7. The number of nitrogens with zero attached hydrogens (tertiary/aromatic N) is 2. The first-order valence-electron chi connectivity index (χ1n) is 17.0. The lowest BCUT2D eigenvalue weighted by molar-refractivity contribution is 0.669. The summed E-state index contributed by atoms with van der Waals surface area (Å²) in [7, 11) is 0. The van der Waals surface area contributed by atoms with E-state index in [4.69, 9.17) is 14.4 Å². The highest BCUT2D eigenvalue weighted by molar-refractivity contribution is 7.25. The predicted octanol–water partition coefficient (Wildman–Crippen LogP) is 13.2. The summed E-state index contributed by atoms with van der Waals surface area (Å²) in [6.45, 7) is 6.42. The van der Waals surface area contributed by atoms with Crippen molar-refractivity contribution in [2.24, 2.45) is 9.98 Å². The van der Waals surface area contributed by atoms with Crippen molar-refractivity contribution in [1.82, 2.24) is 0 Å². The summed E-state index contributed by atoms with van der Waals surface area (Å²) in [4.78, 5) is 10.4. The van der Waals surface area contributed by atoms with Crippen LogP contribution in [0.2, 0.25) is 0 Å². The van der Waals surface area contributed by atoms with E-state index in [0.717, 1.165) is 49.7 Å². The van der Waals surface area contributed by atoms with E-state index in [0.29, 0.717) is 11.5 Å². The Morgan fingerprint density at radius 3 is 2.04 bits per heavy atom. The van der Waals surface area contributed by atoms with Crippen molar-refractivity contribution in [3.05, 3.63) is 187 Å². The summed E-state index contributed by atoms with van der Waals surface area (Å²) in [6.07, 6.45) is 0. The fourth-order valence-electron chi connectivity index (χ4n) is 6.84. The maximum absolute atomic E-state index is 6.23. The van der Waals surface area contributed by atoms with Gasteiger partial charge in [-0.3, -0.25) is 0 Å². The molecular weight excluding hydrogens is 641 g/mol. The molecule has 2 aromatic heterocycles. The van der Waals surface area contributed by atoms with Gasteiger partial charge < -0.3 is 4.42 Å². The van der Waals surface area contributed by atoms with Crippen molar-refractivity contribution in [3.8, 4) is 22.3 Å². The van der Waals surface area contributed by atoms with Crippen LogP contribution in [0.15, 0.2) is 185 Å². The van der Waals surface area contributed by atoms with E-state index >= 15 is 0 Å². The third-order valence-corrected chi connectivity index (χ3v) is 10.6. The van der Waals surface area contributed by atoms with Crippen molar-refractivity contribution in [1.29, 1.82) is 0 Å². The molecule has 2 heterocycles. The van der Waals surface area contributed by atoms with Gasteiger partial charge in [0.2, 0.25) is 0 Å². The highest BCUT2D eigenvalue weighted by atomic mass is 32.1. The molecule has 7 aromatic carbocycles. The summed E-state index contributed by atoms with van der Waals surface area (Å²) >= 11 is 1.79. The van der Waals surface area contributed by atoms with Gasteiger partial charge in [-0.1, -0.05) is 128 Å². The van der Waals surface area contributed by atoms with Crippen molar-refractivity contribution >= 4 is 70.7 Å². The van der Waals surface area contributed by atoms with Gasteiger partial charge in [-0.05, 0) is 82.8 Å². The molecule has 0 aliphatic heterocycles. The Morgan fingerprint density at radius 2 is 1.20 bits per heavy atom. The molecule has 0 aliphatic carbocycles. The van der Waals surface area contributed by atoms with Gasteiger partial charge in [0.15, 0.2) is 5.84 Å². The Hall–Kier alpha value is -6.36. The molecule has 0 N–H and O–H groups in total. The summed E-state index contributed by atoms with van der Waals surface area (Å²) in [6, 6.07) is 57.1. The Balaban J connectivity index is 1.20. The van der Waals surface area contributed by atoms with Gasteiger partial charge in [0.05, 0.1) is 5.70 Å². The van der Waals surface area contributed by atoms with Crippen LogP contribution in [0.5, 0.6) is 0 Å². The topological polar surface area (TPSA) is 37.9 Å². The molecule has 9 rings (SSSR count). The standard InChI is InChI=1S/C47H32N2OS/c1-30(32-13-5-3-6-14-32)48-47(49-31(2)34-23-25-39-38-19-9-10-21-42(38)50-43(39)29-34)40-20-12-22-45-46(40)41-28-37(24-26-44(41)51-45)36-18-11-17-35(27-36)33-15-7-4-8-16-33/h3-29H,1H2,2H3. The molecule has 0 aliphatic rings. The molecular formula is C47H32N2OS. The Kier molecular flexibility index (Phi) is 7.72. The highest BCUT2D eigenvalue weighted by Crippen LogP contribution is 2.39. The van der Waals surface area contributed by atoms with Crippen LogP contribution >= 0.6 is 11.3 Å². The molecule has 0 saturated heterocycles. The maximum atomic E-state index is 6.23. The highest BCUT2D eigenvalue weighted by Gasteiger charge is 2.17. The number of fused-ring (bicyclic) bond motifs is 6. The summed E-state index contributed by atoms with van der Waals surface area (Å²) in [5, 5.41) is 4.52. The van der Waals surface area contributed by atoms with Gasteiger partial charge in [-0.2, -0.15) is 0 Å². The normalized spacial score (nSPS) is 12.3. The summed E-state index contributed by atoms with van der Waals surface area (Å²) < 4.78 is 8.64. The number of furan rings is 1. The molecule has 4 heteroatoms. The monoisotopic (exact) mass is 672 g/mol. The number of rotatable bonds is 6. The van der Waals surface area contributed by atoms with Crippen molar-refractivity contribution in [2.75, 3.05) is 0 Å². The fourth-order valence-corrected chi connectivity index (χ4v) is 7.96. The summed E-state index contributed by atoms with van der Waals surface area (Å²) in [5.74, 6) is 0.618. The van der Waals surface area contributed by atoms with Gasteiger partial charge in [-0.15, -0.1) is 11.3 Å². The zero-order valence-electron chi connectivity index (χ0n) is 28.0. The molecule has 242 valence electrons. The number of hydrogen-bond donors (Lipinski definition) is 0. The van der Waals surface area contributed by atoms with Gasteiger partial charge in [0.25, 0.3) is 0 Å². The first kappa shape index (κ1) is 30.7. The maximum Gasteiger partial charge on any atom is 0.160 e. The van der Waals surface area contributed by atoms with E-state index in [-0.39, 0.29) is 0 Å². The number of thiophene rings is 1.